The van der Waals surface area contributed by atoms with E-state index >= 15 is 0 Å². The number of non-ortho nitro benzene ring substituents is 1. The molecule has 3 aromatic carbocycles. The van der Waals surface area contributed by atoms with E-state index in [0.29, 0.717) is 30.0 Å². The fraction of sp³-hybridized carbons (Fsp3) is 0.290. The van der Waals surface area contributed by atoms with Crippen molar-refractivity contribution in [3.63, 3.8) is 0 Å². The minimum atomic E-state index is -0.881. The second-order valence-corrected chi connectivity index (χ2v) is 9.61. The summed E-state index contributed by atoms with van der Waals surface area (Å²) in [5.74, 6) is -1.22. The summed E-state index contributed by atoms with van der Waals surface area (Å²) in [6.07, 6.45) is 0. The normalized spacial score (nSPS) is 16.5. The summed E-state index contributed by atoms with van der Waals surface area (Å²) in [6.45, 7) is 8.78. The summed E-state index contributed by atoms with van der Waals surface area (Å²) in [4.78, 5) is 40.7. The lowest BCUT2D eigenvalue weighted by Crippen LogP contribution is -2.38. The number of hydrogen-bond donors (Lipinski definition) is 1. The van der Waals surface area contributed by atoms with Crippen LogP contribution in [0.5, 0.6) is 5.75 Å². The number of benzene rings is 3. The van der Waals surface area contributed by atoms with Crippen molar-refractivity contribution in [2.75, 3.05) is 26.2 Å². The van der Waals surface area contributed by atoms with Gasteiger partial charge in [0.1, 0.15) is 18.1 Å². The Morgan fingerprint density at radius 2 is 1.65 bits per heavy atom. The van der Waals surface area contributed by atoms with Crippen molar-refractivity contribution in [1.29, 1.82) is 0 Å². The number of aryl methyl sites for hydroxylation is 1. The smallest absolute Gasteiger partial charge is 0.295 e. The standard InChI is InChI=1S/C31H33N3O6/c1-4-32(5-2)18-19-33-28(22-10-14-25(15-11-22)34(38)39)27(30(36)31(33)37)29(35)23-12-16-26(17-13-23)40-20-24-9-7-6-8-21(24)3/h6-17,28,35H,4-5,18-20H2,1-3H3/b29-27+. The van der Waals surface area contributed by atoms with Crippen LogP contribution in [0.4, 0.5) is 5.69 Å². The van der Waals surface area contributed by atoms with Crippen LogP contribution in [0, 0.1) is 17.0 Å². The maximum absolute atomic E-state index is 13.3. The first kappa shape index (κ1) is 28.5. The fourth-order valence-electron chi connectivity index (χ4n) is 4.82. The molecule has 1 saturated heterocycles. The molecule has 9 nitrogen and oxygen atoms in total. The van der Waals surface area contributed by atoms with Crippen molar-refractivity contribution in [1.82, 2.24) is 9.80 Å². The van der Waals surface area contributed by atoms with Gasteiger partial charge >= 0.3 is 0 Å². The predicted molar refractivity (Wildman–Crippen MR) is 152 cm³/mol. The zero-order valence-corrected chi connectivity index (χ0v) is 22.9. The Kier molecular flexibility index (Phi) is 8.96. The van der Waals surface area contributed by atoms with Crippen LogP contribution in [0.25, 0.3) is 5.76 Å². The molecule has 9 heteroatoms. The number of rotatable bonds is 11. The SMILES string of the molecule is CCN(CC)CCN1C(=O)C(=O)/C(=C(/O)c2ccc(OCc3ccccc3C)cc2)C1c1ccc([N+](=O)[O-])cc1. The molecule has 0 spiro atoms. The van der Waals surface area contributed by atoms with Gasteiger partial charge in [0.25, 0.3) is 17.4 Å². The Morgan fingerprint density at radius 3 is 2.25 bits per heavy atom. The molecule has 1 N–H and O–H groups in total. The first-order valence-corrected chi connectivity index (χ1v) is 13.3. The summed E-state index contributed by atoms with van der Waals surface area (Å²) in [6, 6.07) is 19.4. The zero-order chi connectivity index (χ0) is 28.8. The van der Waals surface area contributed by atoms with Gasteiger partial charge < -0.3 is 19.6 Å². The highest BCUT2D eigenvalue weighted by Crippen LogP contribution is 2.40. The Labute approximate surface area is 233 Å². The number of nitro groups is 1. The molecule has 0 radical (unpaired) electrons. The van der Waals surface area contributed by atoms with Crippen molar-refractivity contribution >= 4 is 23.1 Å². The molecule has 3 aromatic rings. The van der Waals surface area contributed by atoms with E-state index in [1.165, 1.54) is 29.2 Å². The highest BCUT2D eigenvalue weighted by atomic mass is 16.6. The van der Waals surface area contributed by atoms with Crippen LogP contribution in [0.3, 0.4) is 0 Å². The average molecular weight is 544 g/mol. The third-order valence-electron chi connectivity index (χ3n) is 7.29. The number of likely N-dealkylation sites (tertiary alicyclic amines) is 1. The summed E-state index contributed by atoms with van der Waals surface area (Å²) < 4.78 is 5.90. The molecule has 0 aromatic heterocycles. The Hall–Kier alpha value is -4.50. The number of carbonyl (C=O) groups excluding carboxylic acids is 2. The van der Waals surface area contributed by atoms with Gasteiger partial charge in [0.2, 0.25) is 0 Å². The number of ketones is 1. The largest absolute Gasteiger partial charge is 0.507 e. The van der Waals surface area contributed by atoms with Gasteiger partial charge in [-0.25, -0.2) is 0 Å². The van der Waals surface area contributed by atoms with Crippen molar-refractivity contribution < 1.29 is 24.4 Å². The monoisotopic (exact) mass is 543 g/mol. The first-order valence-electron chi connectivity index (χ1n) is 13.3. The first-order chi connectivity index (χ1) is 19.2. The van der Waals surface area contributed by atoms with Gasteiger partial charge in [0.15, 0.2) is 0 Å². The lowest BCUT2D eigenvalue weighted by molar-refractivity contribution is -0.384. The van der Waals surface area contributed by atoms with Crippen LogP contribution in [0.2, 0.25) is 0 Å². The van der Waals surface area contributed by atoms with Gasteiger partial charge in [0, 0.05) is 30.8 Å². The maximum atomic E-state index is 13.3. The number of likely N-dealkylation sites (N-methyl/N-ethyl adjacent to an activating group) is 1. The quantitative estimate of drug-likeness (QED) is 0.116. The minimum Gasteiger partial charge on any atom is -0.507 e. The van der Waals surface area contributed by atoms with E-state index < -0.39 is 22.7 Å². The topological polar surface area (TPSA) is 113 Å². The highest BCUT2D eigenvalue weighted by molar-refractivity contribution is 6.46. The van der Waals surface area contributed by atoms with Gasteiger partial charge in [-0.05, 0) is 73.1 Å². The predicted octanol–water partition coefficient (Wildman–Crippen LogP) is 5.25. The summed E-state index contributed by atoms with van der Waals surface area (Å²) >= 11 is 0. The number of aliphatic hydroxyl groups excluding tert-OH is 1. The molecule has 1 aliphatic heterocycles. The van der Waals surface area contributed by atoms with Gasteiger partial charge in [0.05, 0.1) is 16.5 Å². The van der Waals surface area contributed by atoms with Gasteiger partial charge in [-0.3, -0.25) is 19.7 Å². The average Bonchev–Trinajstić information content (AvgIpc) is 3.22. The third kappa shape index (κ3) is 6.05. The maximum Gasteiger partial charge on any atom is 0.295 e. The zero-order valence-electron chi connectivity index (χ0n) is 22.9. The lowest BCUT2D eigenvalue weighted by Gasteiger charge is -2.28. The Morgan fingerprint density at radius 1 is 1.00 bits per heavy atom. The number of hydrogen-bond acceptors (Lipinski definition) is 7. The third-order valence-corrected chi connectivity index (χ3v) is 7.29. The Balaban J connectivity index is 1.66. The number of aliphatic hydroxyl groups is 1. The van der Waals surface area contributed by atoms with Crippen LogP contribution in [0.1, 0.15) is 42.1 Å². The van der Waals surface area contributed by atoms with Crippen LogP contribution in [-0.4, -0.2) is 57.7 Å². The molecule has 4 rings (SSSR count). The number of amides is 1. The van der Waals surface area contributed by atoms with E-state index in [1.54, 1.807) is 24.3 Å². The van der Waals surface area contributed by atoms with Gasteiger partial charge in [-0.2, -0.15) is 0 Å². The summed E-state index contributed by atoms with van der Waals surface area (Å²) in [7, 11) is 0. The van der Waals surface area contributed by atoms with E-state index in [9.17, 15) is 24.8 Å². The molecule has 1 aliphatic rings. The van der Waals surface area contributed by atoms with E-state index in [4.69, 9.17) is 4.74 Å². The molecule has 1 amide bonds. The molecule has 0 aliphatic carbocycles. The van der Waals surface area contributed by atoms with Gasteiger partial charge in [-0.15, -0.1) is 0 Å². The molecule has 208 valence electrons. The Bertz CT molecular complexity index is 1410. The van der Waals surface area contributed by atoms with E-state index in [2.05, 4.69) is 4.90 Å². The summed E-state index contributed by atoms with van der Waals surface area (Å²) in [5, 5.41) is 22.5. The van der Waals surface area contributed by atoms with Crippen molar-refractivity contribution in [3.05, 3.63) is 111 Å². The molecule has 1 heterocycles. The van der Waals surface area contributed by atoms with Crippen molar-refractivity contribution in [2.24, 2.45) is 0 Å². The van der Waals surface area contributed by atoms with Crippen LogP contribution >= 0.6 is 0 Å². The van der Waals surface area contributed by atoms with Crippen LogP contribution < -0.4 is 4.74 Å². The molecule has 0 saturated carbocycles. The molecular weight excluding hydrogens is 510 g/mol. The molecule has 1 atom stereocenters. The number of ether oxygens (including phenoxy) is 1. The highest BCUT2D eigenvalue weighted by Gasteiger charge is 2.46. The number of carbonyl (C=O) groups is 2. The van der Waals surface area contributed by atoms with E-state index in [-0.39, 0.29) is 23.6 Å². The minimum absolute atomic E-state index is 0.0491. The molecule has 40 heavy (non-hydrogen) atoms. The number of nitro benzene ring substituents is 1. The fourth-order valence-corrected chi connectivity index (χ4v) is 4.82. The van der Waals surface area contributed by atoms with Crippen molar-refractivity contribution in [2.45, 2.75) is 33.4 Å². The van der Waals surface area contributed by atoms with Crippen LogP contribution in [0.15, 0.2) is 78.4 Å². The van der Waals surface area contributed by atoms with Gasteiger partial charge in [-0.1, -0.05) is 38.1 Å². The number of nitrogens with zero attached hydrogens (tertiary/aromatic N) is 3. The van der Waals surface area contributed by atoms with Crippen LogP contribution in [-0.2, 0) is 16.2 Å². The van der Waals surface area contributed by atoms with E-state index in [1.807, 2.05) is 45.0 Å². The second-order valence-electron chi connectivity index (χ2n) is 9.61. The molecule has 1 fully saturated rings. The molecule has 1 unspecified atom stereocenters. The number of Topliss-reactive ketones (excluding diaryl/α,β-unsaturated/α-hetero) is 1. The van der Waals surface area contributed by atoms with Crippen molar-refractivity contribution in [3.8, 4) is 5.75 Å². The molecule has 0 bridgehead atoms. The lowest BCUT2D eigenvalue weighted by atomic mass is 9.95. The molecular formula is C31H33N3O6. The second kappa shape index (κ2) is 12.6. The van der Waals surface area contributed by atoms with E-state index in [0.717, 1.165) is 24.2 Å². The summed E-state index contributed by atoms with van der Waals surface area (Å²) in [5.41, 5.74) is 2.88.